The molecule has 4 aliphatic carbocycles. The summed E-state index contributed by atoms with van der Waals surface area (Å²) in [6.45, 7) is 15.4. The quantitative estimate of drug-likeness (QED) is 0.704. The van der Waals surface area contributed by atoms with Crippen LogP contribution in [0.3, 0.4) is 0 Å². The van der Waals surface area contributed by atoms with Crippen LogP contribution in [0.25, 0.3) is 0 Å². The second-order valence-corrected chi connectivity index (χ2v) is 13.0. The van der Waals surface area contributed by atoms with Gasteiger partial charge in [0.05, 0.1) is 0 Å². The summed E-state index contributed by atoms with van der Waals surface area (Å²) in [5, 5.41) is 7.15. The predicted octanol–water partition coefficient (Wildman–Crippen LogP) is 3.58. The van der Waals surface area contributed by atoms with E-state index in [4.69, 9.17) is 0 Å². The van der Waals surface area contributed by atoms with Crippen LogP contribution in [0.15, 0.2) is 0 Å². The molecule has 1 unspecified atom stereocenters. The number of rotatable bonds is 2. The van der Waals surface area contributed by atoms with Gasteiger partial charge >= 0.3 is 0 Å². The van der Waals surface area contributed by atoms with Crippen molar-refractivity contribution in [2.75, 3.05) is 52.4 Å². The van der Waals surface area contributed by atoms with E-state index in [-0.39, 0.29) is 0 Å². The summed E-state index contributed by atoms with van der Waals surface area (Å²) in [7, 11) is 0. The molecule has 31 heavy (non-hydrogen) atoms. The maximum absolute atomic E-state index is 3.58. The average molecular weight is 429 g/mol. The zero-order valence-electron chi connectivity index (χ0n) is 20.4. The van der Waals surface area contributed by atoms with Gasteiger partial charge in [0.1, 0.15) is 0 Å². The summed E-state index contributed by atoms with van der Waals surface area (Å²) in [4.78, 5) is 5.73. The van der Waals surface area contributed by atoms with Crippen molar-refractivity contribution in [1.29, 1.82) is 0 Å². The predicted molar refractivity (Wildman–Crippen MR) is 128 cm³/mol. The summed E-state index contributed by atoms with van der Waals surface area (Å²) >= 11 is 0. The van der Waals surface area contributed by atoms with Crippen LogP contribution in [-0.4, -0.2) is 74.2 Å². The minimum absolute atomic E-state index is 0.616. The molecule has 0 aromatic carbocycles. The Morgan fingerprint density at radius 3 is 2.03 bits per heavy atom. The van der Waals surface area contributed by atoms with E-state index in [0.29, 0.717) is 10.8 Å². The fourth-order valence-corrected chi connectivity index (χ4v) is 10.0. The smallest absolute Gasteiger partial charge is 0.0110 e. The third kappa shape index (κ3) is 3.63. The van der Waals surface area contributed by atoms with Gasteiger partial charge in [0.15, 0.2) is 0 Å². The first-order valence-electron chi connectivity index (χ1n) is 14.0. The van der Waals surface area contributed by atoms with E-state index in [1.54, 1.807) is 6.42 Å². The summed E-state index contributed by atoms with van der Waals surface area (Å²) in [6.07, 6.45) is 13.6. The van der Waals surface area contributed by atoms with Crippen LogP contribution in [0, 0.1) is 34.5 Å². The molecule has 2 N–H and O–H groups in total. The molecule has 2 heterocycles. The summed E-state index contributed by atoms with van der Waals surface area (Å²) in [5.41, 5.74) is 1.25. The van der Waals surface area contributed by atoms with Crippen LogP contribution in [0.4, 0.5) is 0 Å². The summed E-state index contributed by atoms with van der Waals surface area (Å²) < 4.78 is 0. The van der Waals surface area contributed by atoms with Crippen molar-refractivity contribution in [2.24, 2.45) is 34.5 Å². The molecule has 0 aromatic heterocycles. The van der Waals surface area contributed by atoms with Crippen molar-refractivity contribution in [3.05, 3.63) is 0 Å². The van der Waals surface area contributed by atoms with E-state index in [2.05, 4.69) is 34.3 Å². The largest absolute Gasteiger partial charge is 0.314 e. The number of fused-ring (bicyclic) bond motifs is 5. The van der Waals surface area contributed by atoms with E-state index < -0.39 is 0 Å². The summed E-state index contributed by atoms with van der Waals surface area (Å²) in [5.74, 6) is 4.05. The fraction of sp³-hybridized carbons (Fsp3) is 1.00. The average Bonchev–Trinajstić information content (AvgIpc) is 3.17. The first kappa shape index (κ1) is 21.4. The topological polar surface area (TPSA) is 30.5 Å². The van der Waals surface area contributed by atoms with Gasteiger partial charge in [-0.05, 0) is 92.3 Å². The molecule has 0 aromatic rings. The number of piperazine rings is 2. The normalized spacial score (nSPS) is 51.7. The number of nitrogens with one attached hydrogen (secondary N) is 2. The first-order chi connectivity index (χ1) is 15.1. The molecule has 0 amide bonds. The minimum Gasteiger partial charge on any atom is -0.314 e. The van der Waals surface area contributed by atoms with Gasteiger partial charge in [0.2, 0.25) is 0 Å². The van der Waals surface area contributed by atoms with Crippen molar-refractivity contribution < 1.29 is 0 Å². The third-order valence-electron chi connectivity index (χ3n) is 11.7. The minimum atomic E-state index is 0.616. The number of nitrogens with zero attached hydrogens (tertiary/aromatic N) is 2. The van der Waals surface area contributed by atoms with Gasteiger partial charge in [-0.25, -0.2) is 0 Å². The Morgan fingerprint density at radius 1 is 0.677 bits per heavy atom. The Kier molecular flexibility index (Phi) is 5.69. The molecule has 0 radical (unpaired) electrons. The number of hydrogen-bond donors (Lipinski definition) is 2. The van der Waals surface area contributed by atoms with E-state index in [0.717, 1.165) is 35.8 Å². The van der Waals surface area contributed by atoms with E-state index in [1.807, 2.05) is 0 Å². The van der Waals surface area contributed by atoms with Crippen molar-refractivity contribution in [2.45, 2.75) is 83.7 Å². The van der Waals surface area contributed by atoms with Crippen molar-refractivity contribution >= 4 is 0 Å². The highest BCUT2D eigenvalue weighted by Crippen LogP contribution is 2.66. The van der Waals surface area contributed by atoms with Gasteiger partial charge < -0.3 is 10.6 Å². The lowest BCUT2D eigenvalue weighted by Crippen LogP contribution is -2.57. The standard InChI is InChI=1S/C27H48N4/c1-26-8-7-24-23(25(26)17-22(18-26)31-15-11-29-12-16-31)6-4-20-3-5-21(19-27(20,24)2)30-13-9-28-10-14-30/h20-25,28-29H,3-19H2,1-2H3/t20?,21-,22+,23-,24+,25+,26-,27+/m1/s1. The Bertz CT molecular complexity index is 641. The van der Waals surface area contributed by atoms with Crippen LogP contribution >= 0.6 is 0 Å². The van der Waals surface area contributed by atoms with Gasteiger partial charge in [0.25, 0.3) is 0 Å². The monoisotopic (exact) mass is 428 g/mol. The van der Waals surface area contributed by atoms with Gasteiger partial charge in [-0.1, -0.05) is 13.8 Å². The number of hydrogen-bond acceptors (Lipinski definition) is 4. The molecule has 8 atom stereocenters. The van der Waals surface area contributed by atoms with E-state index in [1.165, 1.54) is 104 Å². The molecule has 6 rings (SSSR count). The second kappa shape index (κ2) is 8.25. The fourth-order valence-electron chi connectivity index (χ4n) is 10.0. The highest BCUT2D eigenvalue weighted by Gasteiger charge is 2.60. The Balaban J connectivity index is 1.20. The lowest BCUT2D eigenvalue weighted by atomic mass is 9.45. The molecule has 6 fully saturated rings. The molecule has 4 nitrogen and oxygen atoms in total. The maximum atomic E-state index is 3.58. The SMILES string of the molecule is C[C@]12CC[C@H]3[C@@H](CCC4CC[C@@H](N5CCNCC5)C[C@@]43C)[C@@H]1C[C@H](N1CCNCC1)C2. The van der Waals surface area contributed by atoms with Crippen molar-refractivity contribution in [3.8, 4) is 0 Å². The van der Waals surface area contributed by atoms with Crippen LogP contribution in [0.1, 0.15) is 71.6 Å². The molecular formula is C27H48N4. The van der Waals surface area contributed by atoms with Crippen LogP contribution in [0.5, 0.6) is 0 Å². The van der Waals surface area contributed by atoms with Gasteiger partial charge in [-0.15, -0.1) is 0 Å². The maximum Gasteiger partial charge on any atom is 0.0110 e. The third-order valence-corrected chi connectivity index (χ3v) is 11.7. The molecule has 176 valence electrons. The van der Waals surface area contributed by atoms with E-state index >= 15 is 0 Å². The van der Waals surface area contributed by atoms with Crippen molar-refractivity contribution in [3.63, 3.8) is 0 Å². The van der Waals surface area contributed by atoms with Crippen LogP contribution in [-0.2, 0) is 0 Å². The van der Waals surface area contributed by atoms with Crippen molar-refractivity contribution in [1.82, 2.24) is 20.4 Å². The zero-order valence-corrected chi connectivity index (χ0v) is 20.4. The molecule has 0 bridgehead atoms. The Morgan fingerprint density at radius 2 is 1.32 bits per heavy atom. The Labute approximate surface area is 191 Å². The van der Waals surface area contributed by atoms with Crippen LogP contribution in [0.2, 0.25) is 0 Å². The summed E-state index contributed by atoms with van der Waals surface area (Å²) in [6, 6.07) is 1.74. The molecule has 2 saturated heterocycles. The first-order valence-corrected chi connectivity index (χ1v) is 14.0. The molecule has 0 spiro atoms. The van der Waals surface area contributed by atoms with E-state index in [9.17, 15) is 0 Å². The highest BCUT2D eigenvalue weighted by molar-refractivity contribution is 5.10. The molecule has 4 heteroatoms. The van der Waals surface area contributed by atoms with Gasteiger partial charge in [-0.3, -0.25) is 9.80 Å². The Hall–Kier alpha value is -0.160. The lowest BCUT2D eigenvalue weighted by molar-refractivity contribution is -0.118. The lowest BCUT2D eigenvalue weighted by Gasteiger charge is -2.61. The van der Waals surface area contributed by atoms with Gasteiger partial charge in [-0.2, -0.15) is 0 Å². The second-order valence-electron chi connectivity index (χ2n) is 13.0. The zero-order chi connectivity index (χ0) is 21.1. The molecule has 6 aliphatic rings. The molecule has 4 saturated carbocycles. The van der Waals surface area contributed by atoms with Crippen LogP contribution < -0.4 is 10.6 Å². The molecule has 2 aliphatic heterocycles. The van der Waals surface area contributed by atoms with Gasteiger partial charge in [0, 0.05) is 64.4 Å². The molecular weight excluding hydrogens is 380 g/mol. The highest BCUT2D eigenvalue weighted by atomic mass is 15.2.